The second-order valence-electron chi connectivity index (χ2n) is 9.41. The van der Waals surface area contributed by atoms with Crippen molar-refractivity contribution in [1.29, 1.82) is 0 Å². The van der Waals surface area contributed by atoms with Gasteiger partial charge in [0.15, 0.2) is 11.6 Å². The van der Waals surface area contributed by atoms with Crippen LogP contribution in [-0.2, 0) is 16.6 Å². The number of amides is 1. The van der Waals surface area contributed by atoms with Gasteiger partial charge >= 0.3 is 0 Å². The molecular weight excluding hydrogens is 573 g/mol. The highest BCUT2D eigenvalue weighted by Crippen LogP contribution is 2.35. The molecule has 0 spiro atoms. The molecule has 0 saturated carbocycles. The third kappa shape index (κ3) is 5.38. The number of carbonyl (C=O) groups excluding carboxylic acids is 1. The monoisotopic (exact) mass is 596 g/mol. The molecule has 216 valence electrons. The van der Waals surface area contributed by atoms with Crippen molar-refractivity contribution >= 4 is 21.8 Å². The second kappa shape index (κ2) is 11.2. The Hall–Kier alpha value is -4.91. The maximum absolute atomic E-state index is 14.4. The summed E-state index contributed by atoms with van der Waals surface area (Å²) in [6, 6.07) is 12.3. The zero-order valence-electron chi connectivity index (χ0n) is 22.5. The largest absolute Gasteiger partial charge is 0.445 e. The maximum atomic E-state index is 14.4. The van der Waals surface area contributed by atoms with E-state index in [4.69, 9.17) is 8.94 Å². The molecule has 3 aromatic carbocycles. The van der Waals surface area contributed by atoms with E-state index in [1.165, 1.54) is 25.6 Å². The Balaban J connectivity index is 1.60. The van der Waals surface area contributed by atoms with Crippen molar-refractivity contribution in [2.75, 3.05) is 11.8 Å². The van der Waals surface area contributed by atoms with Gasteiger partial charge in [0.2, 0.25) is 11.8 Å². The van der Waals surface area contributed by atoms with Crippen molar-refractivity contribution in [3.63, 3.8) is 0 Å². The van der Waals surface area contributed by atoms with Crippen molar-refractivity contribution in [1.82, 2.24) is 15.0 Å². The van der Waals surface area contributed by atoms with E-state index in [9.17, 15) is 26.4 Å². The van der Waals surface area contributed by atoms with E-state index in [1.54, 1.807) is 50.2 Å². The molecular formula is C29H23F3N4O5S. The molecule has 0 fully saturated rings. The molecule has 0 radical (unpaired) electrons. The van der Waals surface area contributed by atoms with Gasteiger partial charge in [0, 0.05) is 30.3 Å². The van der Waals surface area contributed by atoms with E-state index in [1.807, 2.05) is 0 Å². The van der Waals surface area contributed by atoms with Crippen molar-refractivity contribution in [2.45, 2.75) is 25.3 Å². The SMILES string of the molecule is Cc1noc(NS(=O)(=O)c2ccccc2-c2ccc(-c3ncco3)cc2CN(C)C(=O)c2c(F)ccc(F)c2F)c1C. The van der Waals surface area contributed by atoms with E-state index in [-0.39, 0.29) is 28.8 Å². The zero-order chi connectivity index (χ0) is 30.2. The molecule has 9 nitrogen and oxygen atoms in total. The molecule has 1 amide bonds. The molecule has 0 aliphatic carbocycles. The van der Waals surface area contributed by atoms with Gasteiger partial charge in [-0.3, -0.25) is 4.79 Å². The van der Waals surface area contributed by atoms with Crippen LogP contribution in [0.25, 0.3) is 22.6 Å². The number of sulfonamides is 1. The lowest BCUT2D eigenvalue weighted by atomic mass is 9.96. The molecule has 42 heavy (non-hydrogen) atoms. The maximum Gasteiger partial charge on any atom is 0.264 e. The number of hydrogen-bond donors (Lipinski definition) is 1. The summed E-state index contributed by atoms with van der Waals surface area (Å²) in [6.45, 7) is 3.08. The Kier molecular flexibility index (Phi) is 7.61. The molecule has 2 heterocycles. The summed E-state index contributed by atoms with van der Waals surface area (Å²) >= 11 is 0. The molecule has 0 saturated heterocycles. The van der Waals surface area contributed by atoms with Gasteiger partial charge in [-0.15, -0.1) is 0 Å². The summed E-state index contributed by atoms with van der Waals surface area (Å²) in [4.78, 5) is 18.1. The highest BCUT2D eigenvalue weighted by Gasteiger charge is 2.27. The lowest BCUT2D eigenvalue weighted by molar-refractivity contribution is 0.0774. The van der Waals surface area contributed by atoms with Crippen LogP contribution in [0.15, 0.2) is 80.9 Å². The average molecular weight is 597 g/mol. The number of halogens is 3. The summed E-state index contributed by atoms with van der Waals surface area (Å²) in [5.74, 6) is -5.11. The zero-order valence-corrected chi connectivity index (χ0v) is 23.3. The Morgan fingerprint density at radius 2 is 1.74 bits per heavy atom. The molecule has 0 aliphatic heterocycles. The van der Waals surface area contributed by atoms with Gasteiger partial charge in [0.25, 0.3) is 15.9 Å². The first-order valence-electron chi connectivity index (χ1n) is 12.4. The van der Waals surface area contributed by atoms with Crippen LogP contribution in [0.2, 0.25) is 0 Å². The van der Waals surface area contributed by atoms with Crippen LogP contribution in [0.5, 0.6) is 0 Å². The average Bonchev–Trinajstić information content (AvgIpc) is 3.62. The third-order valence-electron chi connectivity index (χ3n) is 6.65. The minimum absolute atomic E-state index is 0.0359. The summed E-state index contributed by atoms with van der Waals surface area (Å²) < 4.78 is 82.7. The van der Waals surface area contributed by atoms with Gasteiger partial charge in [-0.1, -0.05) is 29.4 Å². The van der Waals surface area contributed by atoms with Crippen LogP contribution in [0.3, 0.4) is 0 Å². The smallest absolute Gasteiger partial charge is 0.264 e. The Bertz CT molecular complexity index is 1910. The molecule has 0 atom stereocenters. The molecule has 13 heteroatoms. The lowest BCUT2D eigenvalue weighted by Crippen LogP contribution is -2.28. The normalized spacial score (nSPS) is 11.5. The third-order valence-corrected chi connectivity index (χ3v) is 8.04. The van der Waals surface area contributed by atoms with Gasteiger partial charge in [0.05, 0.1) is 16.8 Å². The Morgan fingerprint density at radius 3 is 2.43 bits per heavy atom. The van der Waals surface area contributed by atoms with Crippen LogP contribution in [0.4, 0.5) is 19.1 Å². The molecule has 5 aromatic rings. The molecule has 1 N–H and O–H groups in total. The van der Waals surface area contributed by atoms with Crippen molar-refractivity contribution < 1.29 is 35.3 Å². The minimum atomic E-state index is -4.21. The van der Waals surface area contributed by atoms with Gasteiger partial charge in [-0.05, 0) is 55.3 Å². The van der Waals surface area contributed by atoms with Crippen LogP contribution in [0, 0.1) is 31.3 Å². The fourth-order valence-corrected chi connectivity index (χ4v) is 5.61. The number of hydrogen-bond acceptors (Lipinski definition) is 7. The molecule has 5 rings (SSSR count). The van der Waals surface area contributed by atoms with E-state index < -0.39 is 38.9 Å². The number of aryl methyl sites for hydroxylation is 1. The number of oxazole rings is 1. The first kappa shape index (κ1) is 28.6. The quantitative estimate of drug-likeness (QED) is 0.215. The van der Waals surface area contributed by atoms with Crippen LogP contribution in [0.1, 0.15) is 27.2 Å². The number of carbonyl (C=O) groups is 1. The topological polar surface area (TPSA) is 119 Å². The van der Waals surface area contributed by atoms with Crippen LogP contribution >= 0.6 is 0 Å². The summed E-state index contributed by atoms with van der Waals surface area (Å²) in [7, 11) is -2.93. The molecule has 0 unspecified atom stereocenters. The first-order chi connectivity index (χ1) is 20.0. The minimum Gasteiger partial charge on any atom is -0.445 e. The predicted molar refractivity (Wildman–Crippen MR) is 146 cm³/mol. The standard InChI is InChI=1S/C29H23F3N4O5S/c1-16-17(2)34-41-27(16)35-42(38,39)24-7-5-4-6-21(24)20-9-8-18(28-33-12-13-40-28)14-19(20)15-36(3)29(37)25-22(30)10-11-23(31)26(25)32/h4-14,35H,15H2,1-3H3. The number of aromatic nitrogens is 2. The first-order valence-corrected chi connectivity index (χ1v) is 13.9. The summed E-state index contributed by atoms with van der Waals surface area (Å²) in [5, 5.41) is 3.78. The Morgan fingerprint density at radius 1 is 1.00 bits per heavy atom. The number of nitrogens with one attached hydrogen (secondary N) is 1. The summed E-state index contributed by atoms with van der Waals surface area (Å²) in [6.07, 6.45) is 2.81. The highest BCUT2D eigenvalue weighted by atomic mass is 32.2. The van der Waals surface area contributed by atoms with E-state index in [2.05, 4.69) is 14.9 Å². The predicted octanol–water partition coefficient (Wildman–Crippen LogP) is 6.10. The number of rotatable bonds is 8. The van der Waals surface area contributed by atoms with Crippen molar-refractivity contribution in [2.24, 2.45) is 0 Å². The summed E-state index contributed by atoms with van der Waals surface area (Å²) in [5.41, 5.74) is 1.51. The fraction of sp³-hybridized carbons (Fsp3) is 0.138. The van der Waals surface area contributed by atoms with Gasteiger partial charge in [0.1, 0.15) is 17.6 Å². The van der Waals surface area contributed by atoms with Gasteiger partial charge in [-0.25, -0.2) is 31.3 Å². The molecule has 0 aliphatic rings. The van der Waals surface area contributed by atoms with Crippen molar-refractivity contribution in [3.05, 3.63) is 107 Å². The Labute approximate surface area is 238 Å². The van der Waals surface area contributed by atoms with Crippen LogP contribution < -0.4 is 4.72 Å². The van der Waals surface area contributed by atoms with Crippen molar-refractivity contribution in [3.8, 4) is 22.6 Å². The van der Waals surface area contributed by atoms with Gasteiger partial charge < -0.3 is 13.8 Å². The number of benzene rings is 3. The van der Waals surface area contributed by atoms with Crippen LogP contribution in [-0.4, -0.2) is 36.4 Å². The van der Waals surface area contributed by atoms with E-state index >= 15 is 0 Å². The lowest BCUT2D eigenvalue weighted by Gasteiger charge is -2.21. The highest BCUT2D eigenvalue weighted by molar-refractivity contribution is 7.92. The van der Waals surface area contributed by atoms with E-state index in [0.717, 1.165) is 4.90 Å². The van der Waals surface area contributed by atoms with Gasteiger partial charge in [-0.2, -0.15) is 0 Å². The fourth-order valence-electron chi connectivity index (χ4n) is 4.34. The molecule has 0 bridgehead atoms. The number of nitrogens with zero attached hydrogens (tertiary/aromatic N) is 3. The second-order valence-corrected chi connectivity index (χ2v) is 11.1. The number of anilines is 1. The molecule has 2 aromatic heterocycles. The van der Waals surface area contributed by atoms with E-state index in [0.29, 0.717) is 40.1 Å².